The zero-order chi connectivity index (χ0) is 11.5. The Hall–Kier alpha value is -0.540. The van der Waals surface area contributed by atoms with Gasteiger partial charge < -0.3 is 10.5 Å². The lowest BCUT2D eigenvalue weighted by molar-refractivity contribution is 0.333. The normalized spacial score (nSPS) is 17.2. The fourth-order valence-electron chi connectivity index (χ4n) is 1.94. The quantitative estimate of drug-likeness (QED) is 0.895. The molecular formula is C13H18BrNO. The van der Waals surface area contributed by atoms with Crippen molar-refractivity contribution in [2.45, 2.75) is 32.2 Å². The van der Waals surface area contributed by atoms with Crippen LogP contribution in [0.3, 0.4) is 0 Å². The first-order valence-electron chi connectivity index (χ1n) is 5.88. The van der Waals surface area contributed by atoms with Crippen LogP contribution in [0.4, 0.5) is 0 Å². The molecule has 16 heavy (non-hydrogen) atoms. The van der Waals surface area contributed by atoms with Crippen molar-refractivity contribution >= 4 is 15.9 Å². The third kappa shape index (κ3) is 2.98. The molecule has 88 valence electrons. The smallest absolute Gasteiger partial charge is 0.124 e. The molecule has 3 heteroatoms. The third-order valence-electron chi connectivity index (χ3n) is 2.96. The fraction of sp³-hybridized carbons (Fsp3) is 0.538. The Morgan fingerprint density at radius 3 is 2.88 bits per heavy atom. The van der Waals surface area contributed by atoms with Gasteiger partial charge in [-0.2, -0.15) is 0 Å². The molecular weight excluding hydrogens is 266 g/mol. The van der Waals surface area contributed by atoms with E-state index in [2.05, 4.69) is 22.0 Å². The molecule has 2 rings (SSSR count). The van der Waals surface area contributed by atoms with E-state index in [1.165, 1.54) is 12.8 Å². The molecule has 1 saturated carbocycles. The van der Waals surface area contributed by atoms with Gasteiger partial charge in [-0.05, 0) is 37.5 Å². The topological polar surface area (TPSA) is 35.2 Å². The average Bonchev–Trinajstić information content (AvgIpc) is 3.05. The van der Waals surface area contributed by atoms with E-state index in [9.17, 15) is 0 Å². The van der Waals surface area contributed by atoms with Crippen LogP contribution in [0.1, 0.15) is 37.8 Å². The molecule has 1 aliphatic carbocycles. The summed E-state index contributed by atoms with van der Waals surface area (Å²) in [6.45, 7) is 2.68. The fourth-order valence-corrected chi connectivity index (χ4v) is 2.31. The molecule has 2 N–H and O–H groups in total. The number of halogens is 1. The summed E-state index contributed by atoms with van der Waals surface area (Å²) in [5, 5.41) is 0. The Bertz CT molecular complexity index is 363. The van der Waals surface area contributed by atoms with Gasteiger partial charge in [0.05, 0.1) is 6.61 Å². The Labute approximate surface area is 105 Å². The minimum absolute atomic E-state index is 0.103. The zero-order valence-electron chi connectivity index (χ0n) is 9.58. The molecule has 1 fully saturated rings. The minimum atomic E-state index is 0.103. The lowest BCUT2D eigenvalue weighted by Crippen LogP contribution is -2.13. The largest absolute Gasteiger partial charge is 0.494 e. The van der Waals surface area contributed by atoms with E-state index in [0.29, 0.717) is 6.61 Å². The molecule has 1 aliphatic rings. The van der Waals surface area contributed by atoms with Gasteiger partial charge in [-0.15, -0.1) is 0 Å². The molecule has 0 aliphatic heterocycles. The molecule has 1 aromatic carbocycles. The van der Waals surface area contributed by atoms with Crippen molar-refractivity contribution in [3.8, 4) is 5.75 Å². The van der Waals surface area contributed by atoms with Gasteiger partial charge in [0.2, 0.25) is 0 Å². The van der Waals surface area contributed by atoms with Gasteiger partial charge in [-0.3, -0.25) is 0 Å². The van der Waals surface area contributed by atoms with Gasteiger partial charge in [0.25, 0.3) is 0 Å². The predicted octanol–water partition coefficient (Wildman–Crippen LogP) is 3.65. The maximum atomic E-state index is 6.24. The van der Waals surface area contributed by atoms with Crippen LogP contribution in [0.15, 0.2) is 22.7 Å². The highest BCUT2D eigenvalue weighted by molar-refractivity contribution is 9.10. The maximum absolute atomic E-state index is 6.24. The number of nitrogens with two attached hydrogens (primary N) is 1. The van der Waals surface area contributed by atoms with Crippen LogP contribution in [-0.4, -0.2) is 6.61 Å². The number of hydrogen-bond donors (Lipinski definition) is 1. The first-order chi connectivity index (χ1) is 7.70. The summed E-state index contributed by atoms with van der Waals surface area (Å²) >= 11 is 3.49. The van der Waals surface area contributed by atoms with Gasteiger partial charge in [-0.1, -0.05) is 28.8 Å². The summed E-state index contributed by atoms with van der Waals surface area (Å²) in [6.07, 6.45) is 3.76. The van der Waals surface area contributed by atoms with Crippen LogP contribution in [0.2, 0.25) is 0 Å². The molecule has 0 saturated heterocycles. The Morgan fingerprint density at radius 2 is 2.25 bits per heavy atom. The lowest BCUT2D eigenvalue weighted by Gasteiger charge is -2.16. The second-order valence-electron chi connectivity index (χ2n) is 4.40. The molecule has 0 radical (unpaired) electrons. The van der Waals surface area contributed by atoms with E-state index < -0.39 is 0 Å². The molecule has 2 nitrogen and oxygen atoms in total. The van der Waals surface area contributed by atoms with Crippen LogP contribution in [0, 0.1) is 5.92 Å². The third-order valence-corrected chi connectivity index (χ3v) is 3.45. The van der Waals surface area contributed by atoms with Crippen molar-refractivity contribution in [2.24, 2.45) is 11.7 Å². The zero-order valence-corrected chi connectivity index (χ0v) is 11.2. The van der Waals surface area contributed by atoms with E-state index in [4.69, 9.17) is 10.5 Å². The molecule has 0 amide bonds. The SMILES string of the molecule is CCOc1ccc(Br)cc1[C@H](N)CC1CC1. The summed E-state index contributed by atoms with van der Waals surface area (Å²) in [7, 11) is 0. The van der Waals surface area contributed by atoms with E-state index in [-0.39, 0.29) is 6.04 Å². The standard InChI is InChI=1S/C13H18BrNO/c1-2-16-13-6-5-10(14)8-11(13)12(15)7-9-3-4-9/h5-6,8-9,12H,2-4,7,15H2,1H3/t12-/m1/s1. The van der Waals surface area contributed by atoms with Crippen LogP contribution < -0.4 is 10.5 Å². The number of rotatable bonds is 5. The van der Waals surface area contributed by atoms with E-state index in [1.54, 1.807) is 0 Å². The molecule has 1 atom stereocenters. The molecule has 0 bridgehead atoms. The second-order valence-corrected chi connectivity index (χ2v) is 5.32. The van der Waals surface area contributed by atoms with Crippen molar-refractivity contribution in [3.05, 3.63) is 28.2 Å². The highest BCUT2D eigenvalue weighted by Crippen LogP contribution is 2.39. The predicted molar refractivity (Wildman–Crippen MR) is 69.6 cm³/mol. The second kappa shape index (κ2) is 5.19. The highest BCUT2D eigenvalue weighted by Gasteiger charge is 2.25. The van der Waals surface area contributed by atoms with Crippen molar-refractivity contribution < 1.29 is 4.74 Å². The molecule has 0 unspecified atom stereocenters. The number of benzene rings is 1. The van der Waals surface area contributed by atoms with Crippen LogP contribution >= 0.6 is 15.9 Å². The van der Waals surface area contributed by atoms with Crippen molar-refractivity contribution in [1.82, 2.24) is 0 Å². The summed E-state index contributed by atoms with van der Waals surface area (Å²) in [4.78, 5) is 0. The Balaban J connectivity index is 2.17. The van der Waals surface area contributed by atoms with Crippen LogP contribution in [0.5, 0.6) is 5.75 Å². The van der Waals surface area contributed by atoms with Gasteiger partial charge in [0.1, 0.15) is 5.75 Å². The number of ether oxygens (including phenoxy) is 1. The van der Waals surface area contributed by atoms with Crippen molar-refractivity contribution in [3.63, 3.8) is 0 Å². The van der Waals surface area contributed by atoms with Crippen LogP contribution in [0.25, 0.3) is 0 Å². The van der Waals surface area contributed by atoms with Crippen molar-refractivity contribution in [1.29, 1.82) is 0 Å². The first kappa shape index (κ1) is 11.9. The lowest BCUT2D eigenvalue weighted by atomic mass is 10.0. The first-order valence-corrected chi connectivity index (χ1v) is 6.67. The molecule has 0 aromatic heterocycles. The average molecular weight is 284 g/mol. The Kier molecular flexibility index (Phi) is 3.87. The summed E-state index contributed by atoms with van der Waals surface area (Å²) < 4.78 is 6.68. The van der Waals surface area contributed by atoms with E-state index in [0.717, 1.165) is 28.1 Å². The van der Waals surface area contributed by atoms with Crippen LogP contribution in [-0.2, 0) is 0 Å². The Morgan fingerprint density at radius 1 is 1.50 bits per heavy atom. The van der Waals surface area contributed by atoms with Gasteiger partial charge >= 0.3 is 0 Å². The molecule has 0 heterocycles. The van der Waals surface area contributed by atoms with E-state index in [1.807, 2.05) is 19.1 Å². The summed E-state index contributed by atoms with van der Waals surface area (Å²) in [6, 6.07) is 6.18. The maximum Gasteiger partial charge on any atom is 0.124 e. The highest BCUT2D eigenvalue weighted by atomic mass is 79.9. The van der Waals surface area contributed by atoms with Gasteiger partial charge in [0, 0.05) is 16.1 Å². The monoisotopic (exact) mass is 283 g/mol. The van der Waals surface area contributed by atoms with Gasteiger partial charge in [0.15, 0.2) is 0 Å². The van der Waals surface area contributed by atoms with Gasteiger partial charge in [-0.25, -0.2) is 0 Å². The number of hydrogen-bond acceptors (Lipinski definition) is 2. The minimum Gasteiger partial charge on any atom is -0.494 e. The summed E-state index contributed by atoms with van der Waals surface area (Å²) in [5.41, 5.74) is 7.36. The van der Waals surface area contributed by atoms with E-state index >= 15 is 0 Å². The molecule has 1 aromatic rings. The molecule has 0 spiro atoms. The van der Waals surface area contributed by atoms with Crippen molar-refractivity contribution in [2.75, 3.05) is 6.61 Å². The summed E-state index contributed by atoms with van der Waals surface area (Å²) in [5.74, 6) is 1.77.